The van der Waals surface area contributed by atoms with Crippen molar-refractivity contribution in [2.45, 2.75) is 13.0 Å². The summed E-state index contributed by atoms with van der Waals surface area (Å²) in [6.07, 6.45) is 1.64. The molecule has 1 amide bonds. The maximum Gasteiger partial charge on any atom is 0.255 e. The first-order valence-electron chi connectivity index (χ1n) is 7.90. The Morgan fingerprint density at radius 3 is 2.73 bits per heavy atom. The van der Waals surface area contributed by atoms with E-state index in [1.54, 1.807) is 43.5 Å². The van der Waals surface area contributed by atoms with Crippen molar-refractivity contribution in [1.82, 2.24) is 20.4 Å². The zero-order valence-corrected chi connectivity index (χ0v) is 14.6. The number of methoxy groups -OCH3 is 2. The van der Waals surface area contributed by atoms with Gasteiger partial charge in [-0.3, -0.25) is 9.78 Å². The average molecular weight is 354 g/mol. The van der Waals surface area contributed by atoms with Gasteiger partial charge in [0.1, 0.15) is 23.2 Å². The normalized spacial score (nSPS) is 11.7. The van der Waals surface area contributed by atoms with Crippen molar-refractivity contribution in [3.8, 4) is 23.0 Å². The van der Waals surface area contributed by atoms with Gasteiger partial charge < -0.3 is 19.3 Å². The van der Waals surface area contributed by atoms with Crippen LogP contribution >= 0.6 is 0 Å². The van der Waals surface area contributed by atoms with Gasteiger partial charge in [0.05, 0.1) is 19.8 Å². The van der Waals surface area contributed by atoms with Crippen LogP contribution < -0.4 is 14.8 Å². The van der Waals surface area contributed by atoms with E-state index in [9.17, 15) is 4.79 Å². The number of rotatable bonds is 6. The van der Waals surface area contributed by atoms with E-state index in [0.29, 0.717) is 28.6 Å². The molecule has 0 bridgehead atoms. The summed E-state index contributed by atoms with van der Waals surface area (Å²) < 4.78 is 15.6. The molecule has 1 aromatic carbocycles. The predicted molar refractivity (Wildman–Crippen MR) is 93.0 cm³/mol. The van der Waals surface area contributed by atoms with Gasteiger partial charge in [-0.15, -0.1) is 0 Å². The van der Waals surface area contributed by atoms with Crippen LogP contribution in [0.15, 0.2) is 47.1 Å². The molecule has 2 heterocycles. The van der Waals surface area contributed by atoms with Crippen molar-refractivity contribution in [3.63, 3.8) is 0 Å². The lowest BCUT2D eigenvalue weighted by Crippen LogP contribution is -2.27. The molecule has 0 fully saturated rings. The lowest BCUT2D eigenvalue weighted by atomic mass is 10.1. The standard InChI is InChI=1S/C18H18N4O4/c1-11(18-21-16(22-26-18)14-6-4-5-9-19-14)20-17(23)13-10-12(24-2)7-8-15(13)25-3/h4-11H,1-3H3,(H,20,23)/t11-/m0/s1. The summed E-state index contributed by atoms with van der Waals surface area (Å²) in [6, 6.07) is 9.91. The number of carbonyl (C=O) groups is 1. The van der Waals surface area contributed by atoms with Crippen LogP contribution in [0.25, 0.3) is 11.5 Å². The Hall–Kier alpha value is -3.42. The fraction of sp³-hybridized carbons (Fsp3) is 0.222. The highest BCUT2D eigenvalue weighted by Crippen LogP contribution is 2.25. The molecule has 26 heavy (non-hydrogen) atoms. The molecule has 0 unspecified atom stereocenters. The summed E-state index contributed by atoms with van der Waals surface area (Å²) in [4.78, 5) is 21.1. The first kappa shape index (κ1) is 17.4. The van der Waals surface area contributed by atoms with Gasteiger partial charge in [-0.2, -0.15) is 4.98 Å². The molecule has 3 aromatic rings. The second kappa shape index (κ2) is 7.64. The van der Waals surface area contributed by atoms with Crippen LogP contribution in [0.1, 0.15) is 29.2 Å². The third kappa shape index (κ3) is 3.64. The first-order chi connectivity index (χ1) is 12.6. The van der Waals surface area contributed by atoms with Crippen LogP contribution in [0, 0.1) is 0 Å². The number of hydrogen-bond acceptors (Lipinski definition) is 7. The van der Waals surface area contributed by atoms with E-state index in [2.05, 4.69) is 20.4 Å². The number of hydrogen-bond donors (Lipinski definition) is 1. The van der Waals surface area contributed by atoms with Gasteiger partial charge in [0.25, 0.3) is 5.91 Å². The van der Waals surface area contributed by atoms with Crippen molar-refractivity contribution < 1.29 is 18.8 Å². The van der Waals surface area contributed by atoms with Crippen molar-refractivity contribution in [2.75, 3.05) is 14.2 Å². The van der Waals surface area contributed by atoms with Crippen LogP contribution in [0.4, 0.5) is 0 Å². The number of carbonyl (C=O) groups excluding carboxylic acids is 1. The summed E-state index contributed by atoms with van der Waals surface area (Å²) in [7, 11) is 3.03. The average Bonchev–Trinajstić information content (AvgIpc) is 3.18. The van der Waals surface area contributed by atoms with E-state index in [4.69, 9.17) is 14.0 Å². The number of nitrogens with one attached hydrogen (secondary N) is 1. The molecule has 0 aliphatic carbocycles. The van der Waals surface area contributed by atoms with Gasteiger partial charge in [0, 0.05) is 6.20 Å². The lowest BCUT2D eigenvalue weighted by Gasteiger charge is -2.13. The second-order valence-corrected chi connectivity index (χ2v) is 5.43. The molecule has 0 saturated heterocycles. The molecule has 0 aliphatic heterocycles. The number of ether oxygens (including phenoxy) is 2. The topological polar surface area (TPSA) is 99.4 Å². The minimum atomic E-state index is -0.497. The molecule has 1 atom stereocenters. The fourth-order valence-electron chi connectivity index (χ4n) is 2.34. The summed E-state index contributed by atoms with van der Waals surface area (Å²) >= 11 is 0. The van der Waals surface area contributed by atoms with Crippen molar-refractivity contribution in [1.29, 1.82) is 0 Å². The van der Waals surface area contributed by atoms with E-state index in [-0.39, 0.29) is 11.8 Å². The Balaban J connectivity index is 1.77. The van der Waals surface area contributed by atoms with Crippen LogP contribution in [0.5, 0.6) is 11.5 Å². The zero-order valence-electron chi connectivity index (χ0n) is 14.6. The van der Waals surface area contributed by atoms with Crippen LogP contribution in [-0.2, 0) is 0 Å². The van der Waals surface area contributed by atoms with Crippen LogP contribution in [-0.4, -0.2) is 35.3 Å². The van der Waals surface area contributed by atoms with Crippen molar-refractivity contribution >= 4 is 5.91 Å². The Labute approximate surface area is 150 Å². The van der Waals surface area contributed by atoms with Crippen LogP contribution in [0.3, 0.4) is 0 Å². The molecule has 1 N–H and O–H groups in total. The van der Waals surface area contributed by atoms with Gasteiger partial charge in [0.15, 0.2) is 0 Å². The SMILES string of the molecule is COc1ccc(OC)c(C(=O)N[C@@H](C)c2nc(-c3ccccn3)no2)c1. The Morgan fingerprint density at radius 2 is 2.04 bits per heavy atom. The van der Waals surface area contributed by atoms with Gasteiger partial charge in [-0.05, 0) is 37.3 Å². The summed E-state index contributed by atoms with van der Waals surface area (Å²) in [5, 5.41) is 6.72. The molecule has 134 valence electrons. The van der Waals surface area contributed by atoms with E-state index in [0.717, 1.165) is 0 Å². The highest BCUT2D eigenvalue weighted by molar-refractivity contribution is 5.97. The smallest absolute Gasteiger partial charge is 0.255 e. The molecule has 8 nitrogen and oxygen atoms in total. The van der Waals surface area contributed by atoms with Gasteiger partial charge in [-0.25, -0.2) is 0 Å². The van der Waals surface area contributed by atoms with E-state index < -0.39 is 6.04 Å². The van der Waals surface area contributed by atoms with E-state index in [1.165, 1.54) is 14.2 Å². The van der Waals surface area contributed by atoms with Crippen LogP contribution in [0.2, 0.25) is 0 Å². The molecule has 2 aromatic heterocycles. The minimum absolute atomic E-state index is 0.279. The quantitative estimate of drug-likeness (QED) is 0.726. The fourth-order valence-corrected chi connectivity index (χ4v) is 2.34. The second-order valence-electron chi connectivity index (χ2n) is 5.43. The van der Waals surface area contributed by atoms with Crippen molar-refractivity contribution in [3.05, 3.63) is 54.0 Å². The molecule has 0 radical (unpaired) electrons. The van der Waals surface area contributed by atoms with Gasteiger partial charge >= 0.3 is 0 Å². The largest absolute Gasteiger partial charge is 0.497 e. The Morgan fingerprint density at radius 1 is 1.19 bits per heavy atom. The zero-order chi connectivity index (χ0) is 18.5. The molecule has 8 heteroatoms. The Kier molecular flexibility index (Phi) is 5.12. The third-order valence-electron chi connectivity index (χ3n) is 3.71. The van der Waals surface area contributed by atoms with Crippen molar-refractivity contribution in [2.24, 2.45) is 0 Å². The maximum atomic E-state index is 12.6. The molecule has 3 rings (SSSR count). The lowest BCUT2D eigenvalue weighted by molar-refractivity contribution is 0.0929. The molecule has 0 saturated carbocycles. The number of aromatic nitrogens is 3. The molecular weight excluding hydrogens is 336 g/mol. The maximum absolute atomic E-state index is 12.6. The number of amides is 1. The highest BCUT2D eigenvalue weighted by Gasteiger charge is 2.21. The monoisotopic (exact) mass is 354 g/mol. The van der Waals surface area contributed by atoms with Gasteiger partial charge in [-0.1, -0.05) is 11.2 Å². The minimum Gasteiger partial charge on any atom is -0.497 e. The third-order valence-corrected chi connectivity index (χ3v) is 3.71. The predicted octanol–water partition coefficient (Wildman–Crippen LogP) is 2.64. The molecule has 0 spiro atoms. The summed E-state index contributed by atoms with van der Waals surface area (Å²) in [6.45, 7) is 1.75. The van der Waals surface area contributed by atoms with Gasteiger partial charge in [0.2, 0.25) is 11.7 Å². The van der Waals surface area contributed by atoms with E-state index >= 15 is 0 Å². The number of pyridine rings is 1. The summed E-state index contributed by atoms with van der Waals surface area (Å²) in [5.41, 5.74) is 0.943. The molecular formula is C18H18N4O4. The highest BCUT2D eigenvalue weighted by atomic mass is 16.5. The number of benzene rings is 1. The summed E-state index contributed by atoms with van der Waals surface area (Å²) in [5.74, 6) is 1.29. The molecule has 0 aliphatic rings. The Bertz CT molecular complexity index is 895. The first-order valence-corrected chi connectivity index (χ1v) is 7.90. The van der Waals surface area contributed by atoms with E-state index in [1.807, 2.05) is 6.07 Å². The number of nitrogens with zero attached hydrogens (tertiary/aromatic N) is 3.